The van der Waals surface area contributed by atoms with E-state index >= 15 is 0 Å². The second kappa shape index (κ2) is 4.18. The fourth-order valence-corrected chi connectivity index (χ4v) is 1.17. The Morgan fingerprint density at radius 3 is 2.85 bits per heavy atom. The van der Waals surface area contributed by atoms with Gasteiger partial charge in [-0.2, -0.15) is 5.10 Å². The second-order valence-corrected chi connectivity index (χ2v) is 2.87. The molecule has 0 radical (unpaired) electrons. The van der Waals surface area contributed by atoms with Crippen LogP contribution in [0.5, 0.6) is 0 Å². The molecule has 0 saturated carbocycles. The molecule has 1 rings (SSSR count). The SMILES string of the molecule is CCC(OC)C(=O)c1ccn(C)n1. The van der Waals surface area contributed by atoms with Crippen molar-refractivity contribution in [2.75, 3.05) is 7.11 Å². The third-order valence-corrected chi connectivity index (χ3v) is 1.91. The summed E-state index contributed by atoms with van der Waals surface area (Å²) in [6, 6.07) is 1.70. The molecule has 13 heavy (non-hydrogen) atoms. The topological polar surface area (TPSA) is 44.1 Å². The van der Waals surface area contributed by atoms with Crippen LogP contribution >= 0.6 is 0 Å². The van der Waals surface area contributed by atoms with Crippen molar-refractivity contribution in [3.8, 4) is 0 Å². The largest absolute Gasteiger partial charge is 0.373 e. The first-order chi connectivity index (χ1) is 6.19. The summed E-state index contributed by atoms with van der Waals surface area (Å²) in [5.41, 5.74) is 0.469. The zero-order valence-corrected chi connectivity index (χ0v) is 8.15. The Labute approximate surface area is 77.5 Å². The van der Waals surface area contributed by atoms with Crippen molar-refractivity contribution in [1.82, 2.24) is 9.78 Å². The van der Waals surface area contributed by atoms with Gasteiger partial charge in [0, 0.05) is 20.4 Å². The Hall–Kier alpha value is -1.16. The number of carbonyl (C=O) groups excluding carboxylic acids is 1. The first kappa shape index (κ1) is 9.92. The molecule has 1 aromatic heterocycles. The lowest BCUT2D eigenvalue weighted by molar-refractivity contribution is 0.0590. The van der Waals surface area contributed by atoms with E-state index in [4.69, 9.17) is 4.74 Å². The number of rotatable bonds is 4. The second-order valence-electron chi connectivity index (χ2n) is 2.87. The number of carbonyl (C=O) groups is 1. The van der Waals surface area contributed by atoms with E-state index in [0.717, 1.165) is 0 Å². The highest BCUT2D eigenvalue weighted by Crippen LogP contribution is 2.05. The number of nitrogens with zero attached hydrogens (tertiary/aromatic N) is 2. The summed E-state index contributed by atoms with van der Waals surface area (Å²) < 4.78 is 6.63. The molecule has 0 amide bonds. The maximum absolute atomic E-state index is 11.6. The van der Waals surface area contributed by atoms with Gasteiger partial charge in [-0.3, -0.25) is 9.48 Å². The highest BCUT2D eigenvalue weighted by Gasteiger charge is 2.19. The molecule has 0 aromatic carbocycles. The van der Waals surface area contributed by atoms with Gasteiger partial charge >= 0.3 is 0 Å². The van der Waals surface area contributed by atoms with E-state index in [1.165, 1.54) is 7.11 Å². The molecule has 1 heterocycles. The number of ether oxygens (including phenoxy) is 1. The van der Waals surface area contributed by atoms with E-state index in [0.29, 0.717) is 12.1 Å². The average molecular weight is 182 g/mol. The normalized spacial score (nSPS) is 12.8. The van der Waals surface area contributed by atoms with Gasteiger partial charge in [0.1, 0.15) is 11.8 Å². The third kappa shape index (κ3) is 2.15. The van der Waals surface area contributed by atoms with Gasteiger partial charge in [0.15, 0.2) is 0 Å². The molecule has 0 bridgehead atoms. The molecule has 0 saturated heterocycles. The highest BCUT2D eigenvalue weighted by molar-refractivity contribution is 5.97. The van der Waals surface area contributed by atoms with Crippen molar-refractivity contribution >= 4 is 5.78 Å². The average Bonchev–Trinajstić information content (AvgIpc) is 2.54. The molecule has 4 heteroatoms. The minimum absolute atomic E-state index is 0.0504. The maximum Gasteiger partial charge on any atom is 0.211 e. The predicted molar refractivity (Wildman–Crippen MR) is 48.6 cm³/mol. The smallest absolute Gasteiger partial charge is 0.211 e. The molecule has 72 valence electrons. The minimum Gasteiger partial charge on any atom is -0.373 e. The van der Waals surface area contributed by atoms with Gasteiger partial charge in [-0.15, -0.1) is 0 Å². The van der Waals surface area contributed by atoms with E-state index in [1.54, 1.807) is 24.0 Å². The first-order valence-electron chi connectivity index (χ1n) is 4.25. The molecular weight excluding hydrogens is 168 g/mol. The first-order valence-corrected chi connectivity index (χ1v) is 4.25. The summed E-state index contributed by atoms with van der Waals surface area (Å²) in [6.45, 7) is 1.91. The Balaban J connectivity index is 2.78. The summed E-state index contributed by atoms with van der Waals surface area (Å²) in [7, 11) is 3.32. The fraction of sp³-hybridized carbons (Fsp3) is 0.556. The molecule has 0 aliphatic rings. The molecular formula is C9H14N2O2. The Bertz CT molecular complexity index is 290. The van der Waals surface area contributed by atoms with Gasteiger partial charge in [0.05, 0.1) is 0 Å². The molecule has 0 spiro atoms. The van der Waals surface area contributed by atoms with E-state index in [-0.39, 0.29) is 11.9 Å². The summed E-state index contributed by atoms with van der Waals surface area (Å²) >= 11 is 0. The molecule has 0 fully saturated rings. The molecule has 1 unspecified atom stereocenters. The van der Waals surface area contributed by atoms with Crippen LogP contribution in [-0.4, -0.2) is 28.8 Å². The van der Waals surface area contributed by atoms with Crippen LogP contribution in [0, 0.1) is 0 Å². The summed E-state index contributed by atoms with van der Waals surface area (Å²) in [6.07, 6.45) is 2.05. The zero-order valence-electron chi connectivity index (χ0n) is 8.15. The van der Waals surface area contributed by atoms with Crippen molar-refractivity contribution in [3.63, 3.8) is 0 Å². The van der Waals surface area contributed by atoms with E-state index in [2.05, 4.69) is 5.10 Å². The van der Waals surface area contributed by atoms with Crippen LogP contribution in [-0.2, 0) is 11.8 Å². The van der Waals surface area contributed by atoms with Gasteiger partial charge in [0.2, 0.25) is 5.78 Å². The molecule has 1 aromatic rings. The minimum atomic E-state index is -0.366. The van der Waals surface area contributed by atoms with Crippen LogP contribution in [0.25, 0.3) is 0 Å². The third-order valence-electron chi connectivity index (χ3n) is 1.91. The highest BCUT2D eigenvalue weighted by atomic mass is 16.5. The molecule has 4 nitrogen and oxygen atoms in total. The van der Waals surface area contributed by atoms with Crippen LogP contribution in [0.4, 0.5) is 0 Å². The maximum atomic E-state index is 11.6. The molecule has 0 aliphatic heterocycles. The van der Waals surface area contributed by atoms with Gasteiger partial charge in [0.25, 0.3) is 0 Å². The zero-order chi connectivity index (χ0) is 9.84. The van der Waals surface area contributed by atoms with Crippen LogP contribution in [0.3, 0.4) is 0 Å². The Kier molecular flexibility index (Phi) is 3.19. The lowest BCUT2D eigenvalue weighted by atomic mass is 10.1. The molecule has 0 aliphatic carbocycles. The number of methoxy groups -OCH3 is 1. The number of ketones is 1. The van der Waals surface area contributed by atoms with Crippen molar-refractivity contribution < 1.29 is 9.53 Å². The Morgan fingerprint density at radius 2 is 2.46 bits per heavy atom. The van der Waals surface area contributed by atoms with Crippen molar-refractivity contribution in [1.29, 1.82) is 0 Å². The Morgan fingerprint density at radius 1 is 1.77 bits per heavy atom. The van der Waals surface area contributed by atoms with Crippen LogP contribution in [0.1, 0.15) is 23.8 Å². The summed E-state index contributed by atoms with van der Waals surface area (Å²) in [4.78, 5) is 11.6. The van der Waals surface area contributed by atoms with E-state index < -0.39 is 0 Å². The molecule has 0 N–H and O–H groups in total. The standard InChI is InChI=1S/C9H14N2O2/c1-4-8(13-3)9(12)7-5-6-11(2)10-7/h5-6,8H,4H2,1-3H3. The quantitative estimate of drug-likeness (QED) is 0.653. The monoisotopic (exact) mass is 182 g/mol. The number of hydrogen-bond acceptors (Lipinski definition) is 3. The van der Waals surface area contributed by atoms with Crippen molar-refractivity contribution in [3.05, 3.63) is 18.0 Å². The van der Waals surface area contributed by atoms with Gasteiger partial charge in [-0.25, -0.2) is 0 Å². The number of hydrogen-bond donors (Lipinski definition) is 0. The van der Waals surface area contributed by atoms with Crippen molar-refractivity contribution in [2.24, 2.45) is 7.05 Å². The van der Waals surface area contributed by atoms with Gasteiger partial charge in [-0.05, 0) is 12.5 Å². The lowest BCUT2D eigenvalue weighted by Gasteiger charge is -2.08. The summed E-state index contributed by atoms with van der Waals surface area (Å²) in [5.74, 6) is -0.0504. The van der Waals surface area contributed by atoms with Crippen molar-refractivity contribution in [2.45, 2.75) is 19.4 Å². The van der Waals surface area contributed by atoms with E-state index in [1.807, 2.05) is 6.92 Å². The fourth-order valence-electron chi connectivity index (χ4n) is 1.17. The number of aromatic nitrogens is 2. The van der Waals surface area contributed by atoms with Gasteiger partial charge in [-0.1, -0.05) is 6.92 Å². The number of Topliss-reactive ketones (excluding diaryl/α,β-unsaturated/α-hetero) is 1. The van der Waals surface area contributed by atoms with Crippen LogP contribution in [0.15, 0.2) is 12.3 Å². The predicted octanol–water partition coefficient (Wildman–Crippen LogP) is 1.03. The van der Waals surface area contributed by atoms with Crippen LogP contribution < -0.4 is 0 Å². The molecule has 1 atom stereocenters. The number of aryl methyl sites for hydroxylation is 1. The lowest BCUT2D eigenvalue weighted by Crippen LogP contribution is -2.22. The van der Waals surface area contributed by atoms with E-state index in [9.17, 15) is 4.79 Å². The van der Waals surface area contributed by atoms with Gasteiger partial charge < -0.3 is 4.74 Å². The summed E-state index contributed by atoms with van der Waals surface area (Å²) in [5, 5.41) is 4.01. The van der Waals surface area contributed by atoms with Crippen LogP contribution in [0.2, 0.25) is 0 Å².